The van der Waals surface area contributed by atoms with Gasteiger partial charge in [0.05, 0.1) is 29.3 Å². The number of nitrogens with one attached hydrogen (secondary N) is 1. The van der Waals surface area contributed by atoms with Crippen LogP contribution < -0.4 is 10.2 Å². The second-order valence-corrected chi connectivity index (χ2v) is 10.2. The first-order chi connectivity index (χ1) is 20.2. The Labute approximate surface area is 239 Å². The van der Waals surface area contributed by atoms with Crippen molar-refractivity contribution in [1.29, 1.82) is 0 Å². The maximum absolute atomic E-state index is 15.3. The number of aryl methyl sites for hydroxylation is 1. The van der Waals surface area contributed by atoms with Gasteiger partial charge < -0.3 is 29.9 Å². The molecule has 11 nitrogen and oxygen atoms in total. The van der Waals surface area contributed by atoms with Gasteiger partial charge in [-0.1, -0.05) is 6.92 Å². The number of rotatable bonds is 9. The number of benzene rings is 1. The number of halogens is 3. The summed E-state index contributed by atoms with van der Waals surface area (Å²) in [6, 6.07) is 1.44. The molecule has 1 aromatic carbocycles. The molecular formula is C28H31F3N8O3. The van der Waals surface area contributed by atoms with Gasteiger partial charge in [-0.2, -0.15) is 0 Å². The van der Waals surface area contributed by atoms with Crippen LogP contribution >= 0.6 is 0 Å². The lowest BCUT2D eigenvalue weighted by molar-refractivity contribution is 0.0517. The molecule has 42 heavy (non-hydrogen) atoms. The quantitative estimate of drug-likeness (QED) is 0.271. The molecule has 0 saturated carbocycles. The SMILES string of the molecule is CCc1cnc(N2CCC(n3cc(F)c4c(Nc5cc(F)c(C(=O)N(C)C[C@H](O)CO)cc5F)ncnc43)CC2)nc1. The molecule has 1 aliphatic heterocycles. The van der Waals surface area contributed by atoms with E-state index < -0.39 is 41.6 Å². The van der Waals surface area contributed by atoms with Gasteiger partial charge in [0.25, 0.3) is 5.91 Å². The van der Waals surface area contributed by atoms with Gasteiger partial charge in [-0.25, -0.2) is 33.1 Å². The van der Waals surface area contributed by atoms with Gasteiger partial charge in [0, 0.05) is 57.4 Å². The number of aliphatic hydroxyl groups excluding tert-OH is 2. The van der Waals surface area contributed by atoms with Gasteiger partial charge in [-0.05, 0) is 30.9 Å². The largest absolute Gasteiger partial charge is 0.394 e. The smallest absolute Gasteiger partial charge is 0.256 e. The Hall–Kier alpha value is -4.30. The number of anilines is 3. The Balaban J connectivity index is 1.34. The van der Waals surface area contributed by atoms with Crippen LogP contribution in [0, 0.1) is 17.5 Å². The Kier molecular flexibility index (Phi) is 8.54. The van der Waals surface area contributed by atoms with Gasteiger partial charge in [0.2, 0.25) is 5.95 Å². The van der Waals surface area contributed by atoms with E-state index in [1.165, 1.54) is 19.6 Å². The summed E-state index contributed by atoms with van der Waals surface area (Å²) < 4.78 is 47.0. The van der Waals surface area contributed by atoms with E-state index in [0.717, 1.165) is 29.0 Å². The van der Waals surface area contributed by atoms with Crippen LogP contribution in [0.15, 0.2) is 37.1 Å². The highest BCUT2D eigenvalue weighted by Gasteiger charge is 2.27. The molecule has 1 aliphatic rings. The van der Waals surface area contributed by atoms with Crippen molar-refractivity contribution in [2.45, 2.75) is 38.3 Å². The van der Waals surface area contributed by atoms with Crippen LogP contribution in [-0.4, -0.2) is 84.9 Å². The molecule has 0 bridgehead atoms. The van der Waals surface area contributed by atoms with E-state index in [-0.39, 0.29) is 29.5 Å². The molecule has 4 aromatic rings. The molecule has 1 saturated heterocycles. The molecule has 1 fully saturated rings. The minimum Gasteiger partial charge on any atom is -0.394 e. The van der Waals surface area contributed by atoms with Crippen LogP contribution in [0.4, 0.5) is 30.6 Å². The number of piperidine rings is 1. The lowest BCUT2D eigenvalue weighted by Gasteiger charge is -2.32. The molecule has 3 aromatic heterocycles. The Bertz CT molecular complexity index is 1580. The van der Waals surface area contributed by atoms with Crippen molar-refractivity contribution in [2.24, 2.45) is 0 Å². The molecule has 222 valence electrons. The number of fused-ring (bicyclic) bond motifs is 1. The predicted octanol–water partition coefficient (Wildman–Crippen LogP) is 3.21. The van der Waals surface area contributed by atoms with Gasteiger partial charge >= 0.3 is 0 Å². The summed E-state index contributed by atoms with van der Waals surface area (Å²) in [5.41, 5.74) is 0.455. The number of amides is 1. The molecule has 0 radical (unpaired) electrons. The molecule has 0 aliphatic carbocycles. The summed E-state index contributed by atoms with van der Waals surface area (Å²) in [6.45, 7) is 2.50. The minimum atomic E-state index is -1.23. The van der Waals surface area contributed by atoms with Crippen molar-refractivity contribution in [3.63, 3.8) is 0 Å². The highest BCUT2D eigenvalue weighted by molar-refractivity contribution is 5.95. The maximum Gasteiger partial charge on any atom is 0.256 e. The molecular weight excluding hydrogens is 553 g/mol. The van der Waals surface area contributed by atoms with Crippen LogP contribution in [0.2, 0.25) is 0 Å². The zero-order valence-corrected chi connectivity index (χ0v) is 23.1. The first kappa shape index (κ1) is 29.2. The normalized spacial score (nSPS) is 14.8. The standard InChI is InChI=1S/C28H31F3N8O3/c1-3-16-10-32-28(33-11-16)38-6-4-17(5-7-38)39-13-22(31)24-25(34-15-35-26(24)39)36-23-9-20(29)19(8-21(23)30)27(42)37(2)12-18(41)14-40/h8-11,13,15,17-18,40-41H,3-7,12,14H2,1-2H3,(H,34,35,36)/t18-/m0/s1. The van der Waals surface area contributed by atoms with Gasteiger partial charge in [-0.3, -0.25) is 4.79 Å². The summed E-state index contributed by atoms with van der Waals surface area (Å²) in [5.74, 6) is -2.90. The molecule has 3 N–H and O–H groups in total. The maximum atomic E-state index is 15.3. The zero-order chi connectivity index (χ0) is 30.0. The highest BCUT2D eigenvalue weighted by Crippen LogP contribution is 2.34. The molecule has 14 heteroatoms. The van der Waals surface area contributed by atoms with E-state index in [9.17, 15) is 14.3 Å². The number of likely N-dealkylation sites (N-methyl/N-ethyl adjacent to an activating group) is 1. The first-order valence-corrected chi connectivity index (χ1v) is 13.6. The fraction of sp³-hybridized carbons (Fsp3) is 0.393. The van der Waals surface area contributed by atoms with Gasteiger partial charge in [-0.15, -0.1) is 0 Å². The predicted molar refractivity (Wildman–Crippen MR) is 149 cm³/mol. The van der Waals surface area contributed by atoms with Crippen LogP contribution in [-0.2, 0) is 6.42 Å². The summed E-state index contributed by atoms with van der Waals surface area (Å²) in [6.07, 6.45) is 7.20. The van der Waals surface area contributed by atoms with Crippen molar-refractivity contribution >= 4 is 34.4 Å². The minimum absolute atomic E-state index is 0.0242. The van der Waals surface area contributed by atoms with Crippen LogP contribution in [0.5, 0.6) is 0 Å². The molecule has 1 amide bonds. The van der Waals surface area contributed by atoms with Crippen molar-refractivity contribution in [1.82, 2.24) is 29.4 Å². The fourth-order valence-electron chi connectivity index (χ4n) is 5.05. The van der Waals surface area contributed by atoms with Gasteiger partial charge in [0.1, 0.15) is 29.4 Å². The Morgan fingerprint density at radius 2 is 1.81 bits per heavy atom. The van der Waals surface area contributed by atoms with Crippen molar-refractivity contribution in [2.75, 3.05) is 43.5 Å². The monoisotopic (exact) mass is 584 g/mol. The van der Waals surface area contributed by atoms with Crippen molar-refractivity contribution < 1.29 is 28.2 Å². The topological polar surface area (TPSA) is 133 Å². The Morgan fingerprint density at radius 3 is 2.48 bits per heavy atom. The van der Waals surface area contributed by atoms with E-state index in [1.807, 2.05) is 19.3 Å². The van der Waals surface area contributed by atoms with Crippen LogP contribution in [0.1, 0.15) is 41.7 Å². The van der Waals surface area contributed by atoms with Gasteiger partial charge in [0.15, 0.2) is 5.82 Å². The number of aliphatic hydroxyl groups is 2. The average Bonchev–Trinajstić information content (AvgIpc) is 3.35. The molecule has 0 spiro atoms. The summed E-state index contributed by atoms with van der Waals surface area (Å²) in [5, 5.41) is 21.2. The third kappa shape index (κ3) is 5.85. The second-order valence-electron chi connectivity index (χ2n) is 10.2. The van der Waals surface area contributed by atoms with Crippen LogP contribution in [0.3, 0.4) is 0 Å². The third-order valence-corrected chi connectivity index (χ3v) is 7.39. The third-order valence-electron chi connectivity index (χ3n) is 7.39. The van der Waals surface area contributed by atoms with Crippen molar-refractivity contribution in [3.8, 4) is 0 Å². The molecule has 0 unspecified atom stereocenters. The lowest BCUT2D eigenvalue weighted by atomic mass is 10.1. The molecule has 1 atom stereocenters. The zero-order valence-electron chi connectivity index (χ0n) is 23.1. The van der Waals surface area contributed by atoms with E-state index in [2.05, 4.69) is 30.2 Å². The van der Waals surface area contributed by atoms with Crippen molar-refractivity contribution in [3.05, 3.63) is 65.6 Å². The fourth-order valence-corrected chi connectivity index (χ4v) is 5.05. The van der Waals surface area contributed by atoms with E-state index >= 15 is 8.78 Å². The van der Waals surface area contributed by atoms with Crippen LogP contribution in [0.25, 0.3) is 11.0 Å². The number of hydrogen-bond acceptors (Lipinski definition) is 9. The van der Waals surface area contributed by atoms with E-state index in [4.69, 9.17) is 5.11 Å². The molecule has 5 rings (SSSR count). The second kappa shape index (κ2) is 12.3. The average molecular weight is 585 g/mol. The number of nitrogens with zero attached hydrogens (tertiary/aromatic N) is 7. The highest BCUT2D eigenvalue weighted by atomic mass is 19.1. The Morgan fingerprint density at radius 1 is 1.10 bits per heavy atom. The number of hydrogen-bond donors (Lipinski definition) is 3. The summed E-state index contributed by atoms with van der Waals surface area (Å²) in [4.78, 5) is 32.9. The lowest BCUT2D eigenvalue weighted by Crippen LogP contribution is -2.36. The number of carbonyl (C=O) groups excluding carboxylic acids is 1. The number of aromatic nitrogens is 5. The van der Waals surface area contributed by atoms with E-state index in [1.54, 1.807) is 4.57 Å². The molecule has 4 heterocycles. The van der Waals surface area contributed by atoms with E-state index in [0.29, 0.717) is 37.5 Å². The summed E-state index contributed by atoms with van der Waals surface area (Å²) in [7, 11) is 1.29. The first-order valence-electron chi connectivity index (χ1n) is 13.6. The summed E-state index contributed by atoms with van der Waals surface area (Å²) >= 11 is 0. The number of carbonyl (C=O) groups is 1.